The lowest BCUT2D eigenvalue weighted by molar-refractivity contribution is -0.137. The fourth-order valence-electron chi connectivity index (χ4n) is 3.19. The van der Waals surface area contributed by atoms with Gasteiger partial charge in [0.15, 0.2) is 0 Å². The van der Waals surface area contributed by atoms with Crippen LogP contribution in [0.1, 0.15) is 51.5 Å². The monoisotopic (exact) mass is 488 g/mol. The second-order valence-corrected chi connectivity index (χ2v) is 8.01. The van der Waals surface area contributed by atoms with E-state index in [1.54, 1.807) is 48.5 Å². The molecular weight excluding hydrogens is 457 g/mol. The molecule has 9 heteroatoms. The number of ether oxygens (including phenoxy) is 2. The average Bonchev–Trinajstić information content (AvgIpc) is 2.83. The molecule has 2 aromatic carbocycles. The number of hydrogen-bond acceptors (Lipinski definition) is 6. The average molecular weight is 489 g/mol. The van der Waals surface area contributed by atoms with Gasteiger partial charge in [-0.2, -0.15) is 18.2 Å². The van der Waals surface area contributed by atoms with Crippen LogP contribution in [0.2, 0.25) is 0 Å². The summed E-state index contributed by atoms with van der Waals surface area (Å²) in [6.45, 7) is 5.37. The van der Waals surface area contributed by atoms with E-state index in [0.717, 1.165) is 44.1 Å². The van der Waals surface area contributed by atoms with Crippen LogP contribution in [-0.4, -0.2) is 23.2 Å². The maximum absolute atomic E-state index is 13.6. The quantitative estimate of drug-likeness (QED) is 0.240. The summed E-state index contributed by atoms with van der Waals surface area (Å²) in [7, 11) is 0. The normalized spacial score (nSPS) is 11.2. The third kappa shape index (κ3) is 8.35. The van der Waals surface area contributed by atoms with Crippen molar-refractivity contribution < 1.29 is 22.6 Å². The van der Waals surface area contributed by atoms with Gasteiger partial charge in [0, 0.05) is 23.6 Å². The summed E-state index contributed by atoms with van der Waals surface area (Å²) in [6, 6.07) is 13.9. The number of anilines is 4. The van der Waals surface area contributed by atoms with Gasteiger partial charge in [0.1, 0.15) is 22.9 Å². The number of benzene rings is 2. The SMILES string of the molecule is CCCCCOc1cccc(Nc2nc(Nc3ccc(OCCCC)cc3)ncc2C(F)(F)F)c1. The molecule has 0 aliphatic rings. The van der Waals surface area contributed by atoms with Crippen LogP contribution >= 0.6 is 0 Å². The molecule has 188 valence electrons. The highest BCUT2D eigenvalue weighted by Crippen LogP contribution is 2.35. The van der Waals surface area contributed by atoms with Gasteiger partial charge in [-0.25, -0.2) is 4.98 Å². The van der Waals surface area contributed by atoms with Crippen molar-refractivity contribution in [2.75, 3.05) is 23.8 Å². The summed E-state index contributed by atoms with van der Waals surface area (Å²) >= 11 is 0. The van der Waals surface area contributed by atoms with Crippen molar-refractivity contribution in [1.29, 1.82) is 0 Å². The first kappa shape index (κ1) is 26.1. The molecule has 0 unspecified atom stereocenters. The van der Waals surface area contributed by atoms with Gasteiger partial charge in [-0.15, -0.1) is 0 Å². The Morgan fingerprint density at radius 3 is 2.23 bits per heavy atom. The Morgan fingerprint density at radius 1 is 0.800 bits per heavy atom. The molecule has 0 aliphatic heterocycles. The number of halogens is 3. The molecule has 1 aromatic heterocycles. The van der Waals surface area contributed by atoms with Gasteiger partial charge >= 0.3 is 6.18 Å². The number of hydrogen-bond donors (Lipinski definition) is 2. The molecule has 1 heterocycles. The number of nitrogens with zero attached hydrogens (tertiary/aromatic N) is 2. The molecule has 35 heavy (non-hydrogen) atoms. The topological polar surface area (TPSA) is 68.3 Å². The van der Waals surface area contributed by atoms with Crippen LogP contribution in [-0.2, 0) is 6.18 Å². The minimum Gasteiger partial charge on any atom is -0.494 e. The number of alkyl halides is 3. The molecule has 0 fully saturated rings. The van der Waals surface area contributed by atoms with Gasteiger partial charge in [0.2, 0.25) is 5.95 Å². The smallest absolute Gasteiger partial charge is 0.421 e. The van der Waals surface area contributed by atoms with E-state index < -0.39 is 11.7 Å². The number of aromatic nitrogens is 2. The molecule has 0 saturated heterocycles. The molecule has 0 radical (unpaired) electrons. The maximum Gasteiger partial charge on any atom is 0.421 e. The van der Waals surface area contributed by atoms with Crippen LogP contribution in [0.15, 0.2) is 54.7 Å². The van der Waals surface area contributed by atoms with Gasteiger partial charge in [0.05, 0.1) is 13.2 Å². The summed E-state index contributed by atoms with van der Waals surface area (Å²) in [5, 5.41) is 5.72. The second-order valence-electron chi connectivity index (χ2n) is 8.01. The number of rotatable bonds is 13. The zero-order valence-corrected chi connectivity index (χ0v) is 20.0. The van der Waals surface area contributed by atoms with Crippen molar-refractivity contribution in [1.82, 2.24) is 9.97 Å². The van der Waals surface area contributed by atoms with E-state index in [2.05, 4.69) is 34.4 Å². The molecule has 0 saturated carbocycles. The van der Waals surface area contributed by atoms with Crippen LogP contribution in [0.5, 0.6) is 11.5 Å². The van der Waals surface area contributed by atoms with Gasteiger partial charge in [-0.05, 0) is 49.2 Å². The highest BCUT2D eigenvalue weighted by Gasteiger charge is 2.35. The summed E-state index contributed by atoms with van der Waals surface area (Å²) in [5.74, 6) is 0.981. The van der Waals surface area contributed by atoms with Crippen LogP contribution < -0.4 is 20.1 Å². The van der Waals surface area contributed by atoms with E-state index in [9.17, 15) is 13.2 Å². The Bertz CT molecular complexity index is 1060. The van der Waals surface area contributed by atoms with E-state index in [4.69, 9.17) is 9.47 Å². The third-order valence-electron chi connectivity index (χ3n) is 5.08. The first-order valence-corrected chi connectivity index (χ1v) is 11.8. The lowest BCUT2D eigenvalue weighted by atomic mass is 10.2. The number of unbranched alkanes of at least 4 members (excludes halogenated alkanes) is 3. The Kier molecular flexibility index (Phi) is 9.57. The van der Waals surface area contributed by atoms with Crippen molar-refractivity contribution in [3.63, 3.8) is 0 Å². The van der Waals surface area contributed by atoms with Crippen LogP contribution in [0.4, 0.5) is 36.3 Å². The van der Waals surface area contributed by atoms with Crippen molar-refractivity contribution in [2.45, 2.75) is 52.1 Å². The molecule has 3 rings (SSSR count). The second kappa shape index (κ2) is 12.8. The van der Waals surface area contributed by atoms with E-state index in [1.165, 1.54) is 0 Å². The minimum atomic E-state index is -4.62. The first-order valence-electron chi connectivity index (χ1n) is 11.8. The van der Waals surface area contributed by atoms with E-state index in [0.29, 0.717) is 30.3 Å². The standard InChI is InChI=1S/C26H31F3N4O2/c1-3-5-7-16-35-22-10-8-9-20(17-22)31-24-23(26(27,28)29)18-30-25(33-24)32-19-11-13-21(14-12-19)34-15-6-4-2/h8-14,17-18H,3-7,15-16H2,1-2H3,(H2,30,31,32,33). The molecule has 0 aliphatic carbocycles. The Morgan fingerprint density at radius 2 is 1.51 bits per heavy atom. The van der Waals surface area contributed by atoms with Gasteiger partial charge < -0.3 is 20.1 Å². The van der Waals surface area contributed by atoms with Crippen LogP contribution in [0.25, 0.3) is 0 Å². The predicted molar refractivity (Wildman–Crippen MR) is 132 cm³/mol. The highest BCUT2D eigenvalue weighted by molar-refractivity contribution is 5.64. The van der Waals surface area contributed by atoms with Crippen molar-refractivity contribution in [3.05, 3.63) is 60.3 Å². The van der Waals surface area contributed by atoms with Crippen LogP contribution in [0.3, 0.4) is 0 Å². The molecule has 0 spiro atoms. The van der Waals surface area contributed by atoms with Crippen LogP contribution in [0, 0.1) is 0 Å². The lowest BCUT2D eigenvalue weighted by Crippen LogP contribution is -2.12. The van der Waals surface area contributed by atoms with Gasteiger partial charge in [-0.3, -0.25) is 0 Å². The van der Waals surface area contributed by atoms with E-state index in [-0.39, 0.29) is 11.8 Å². The maximum atomic E-state index is 13.6. The Labute approximate surface area is 203 Å². The molecule has 6 nitrogen and oxygen atoms in total. The zero-order chi connectivity index (χ0) is 25.1. The Balaban J connectivity index is 1.75. The first-order chi connectivity index (χ1) is 16.9. The number of nitrogens with one attached hydrogen (secondary N) is 2. The molecule has 0 atom stereocenters. The third-order valence-corrected chi connectivity index (χ3v) is 5.08. The lowest BCUT2D eigenvalue weighted by Gasteiger charge is -2.15. The summed E-state index contributed by atoms with van der Waals surface area (Å²) in [4.78, 5) is 7.97. The molecule has 2 N–H and O–H groups in total. The fraction of sp³-hybridized carbons (Fsp3) is 0.385. The van der Waals surface area contributed by atoms with E-state index >= 15 is 0 Å². The predicted octanol–water partition coefficient (Wildman–Crippen LogP) is 7.73. The molecule has 0 bridgehead atoms. The van der Waals surface area contributed by atoms with Crippen molar-refractivity contribution in [3.8, 4) is 11.5 Å². The fourth-order valence-corrected chi connectivity index (χ4v) is 3.19. The highest BCUT2D eigenvalue weighted by atomic mass is 19.4. The van der Waals surface area contributed by atoms with E-state index in [1.807, 2.05) is 0 Å². The molecule has 3 aromatic rings. The molecular formula is C26H31F3N4O2. The van der Waals surface area contributed by atoms with Gasteiger partial charge in [0.25, 0.3) is 0 Å². The van der Waals surface area contributed by atoms with Gasteiger partial charge in [-0.1, -0.05) is 39.2 Å². The van der Waals surface area contributed by atoms with Crippen molar-refractivity contribution in [2.24, 2.45) is 0 Å². The molecule has 0 amide bonds. The summed E-state index contributed by atoms with van der Waals surface area (Å²) < 4.78 is 52.2. The largest absolute Gasteiger partial charge is 0.494 e. The summed E-state index contributed by atoms with van der Waals surface area (Å²) in [6.07, 6.45) is 1.20. The zero-order valence-electron chi connectivity index (χ0n) is 20.0. The summed E-state index contributed by atoms with van der Waals surface area (Å²) in [5.41, 5.74) is 0.0970. The Hall–Kier alpha value is -3.49. The minimum absolute atomic E-state index is 0.0344. The van der Waals surface area contributed by atoms with Crippen molar-refractivity contribution >= 4 is 23.1 Å².